The molecule has 1 fully saturated rings. The lowest BCUT2D eigenvalue weighted by molar-refractivity contribution is 0.261. The van der Waals surface area contributed by atoms with Crippen LogP contribution in [0.15, 0.2) is 0 Å². The van der Waals surface area contributed by atoms with Crippen molar-refractivity contribution in [2.45, 2.75) is 52.7 Å². The van der Waals surface area contributed by atoms with Gasteiger partial charge in [-0.15, -0.1) is 10.2 Å². The molecule has 90 valence electrons. The van der Waals surface area contributed by atoms with Gasteiger partial charge in [0.1, 0.15) is 12.4 Å². The van der Waals surface area contributed by atoms with Crippen molar-refractivity contribution in [1.29, 1.82) is 0 Å². The Morgan fingerprint density at radius 1 is 1.31 bits per heavy atom. The lowest BCUT2D eigenvalue weighted by Crippen LogP contribution is -2.14. The minimum absolute atomic E-state index is 0.0168. The SMILES string of the molecule is CC(C)Cn1c(CO)nnc1C(C)C1CC1. The Morgan fingerprint density at radius 3 is 2.50 bits per heavy atom. The molecule has 1 aromatic heterocycles. The minimum Gasteiger partial charge on any atom is -0.388 e. The van der Waals surface area contributed by atoms with Crippen LogP contribution in [0.25, 0.3) is 0 Å². The van der Waals surface area contributed by atoms with Crippen LogP contribution >= 0.6 is 0 Å². The first-order chi connectivity index (χ1) is 7.63. The van der Waals surface area contributed by atoms with E-state index in [-0.39, 0.29) is 6.61 Å². The molecule has 1 unspecified atom stereocenters. The monoisotopic (exact) mass is 223 g/mol. The van der Waals surface area contributed by atoms with Crippen LogP contribution in [0.2, 0.25) is 0 Å². The Kier molecular flexibility index (Phi) is 3.28. The fourth-order valence-electron chi connectivity index (χ4n) is 2.17. The van der Waals surface area contributed by atoms with E-state index in [4.69, 9.17) is 0 Å². The van der Waals surface area contributed by atoms with E-state index in [0.29, 0.717) is 17.7 Å². The van der Waals surface area contributed by atoms with Crippen LogP contribution in [0.3, 0.4) is 0 Å². The third-order valence-electron chi connectivity index (χ3n) is 3.28. The van der Waals surface area contributed by atoms with Gasteiger partial charge in [-0.3, -0.25) is 0 Å². The number of rotatable bonds is 5. The molecule has 0 bridgehead atoms. The molecule has 16 heavy (non-hydrogen) atoms. The highest BCUT2D eigenvalue weighted by molar-refractivity contribution is 5.05. The number of aliphatic hydroxyl groups excluding tert-OH is 1. The van der Waals surface area contributed by atoms with Gasteiger partial charge in [0.25, 0.3) is 0 Å². The summed E-state index contributed by atoms with van der Waals surface area (Å²) >= 11 is 0. The van der Waals surface area contributed by atoms with Crippen LogP contribution in [-0.4, -0.2) is 19.9 Å². The first kappa shape index (κ1) is 11.6. The third kappa shape index (κ3) is 2.26. The Labute approximate surface area is 96.7 Å². The van der Waals surface area contributed by atoms with Crippen LogP contribution < -0.4 is 0 Å². The molecule has 1 saturated carbocycles. The number of nitrogens with zero attached hydrogens (tertiary/aromatic N) is 3. The lowest BCUT2D eigenvalue weighted by atomic mass is 10.1. The molecule has 1 N–H and O–H groups in total. The second-order valence-electron chi connectivity index (χ2n) is 5.26. The first-order valence-corrected chi connectivity index (χ1v) is 6.16. The Morgan fingerprint density at radius 2 is 2.00 bits per heavy atom. The average Bonchev–Trinajstić information content (AvgIpc) is 3.00. The molecule has 0 aromatic carbocycles. The average molecular weight is 223 g/mol. The highest BCUT2D eigenvalue weighted by Crippen LogP contribution is 2.41. The standard InChI is InChI=1S/C12H21N3O/c1-8(2)6-15-11(7-16)13-14-12(15)9(3)10-4-5-10/h8-10,16H,4-7H2,1-3H3. The summed E-state index contributed by atoms with van der Waals surface area (Å²) in [5.41, 5.74) is 0. The van der Waals surface area contributed by atoms with Crippen LogP contribution in [0.5, 0.6) is 0 Å². The zero-order chi connectivity index (χ0) is 11.7. The van der Waals surface area contributed by atoms with E-state index in [9.17, 15) is 5.11 Å². The Hall–Kier alpha value is -0.900. The van der Waals surface area contributed by atoms with E-state index in [1.165, 1.54) is 12.8 Å². The quantitative estimate of drug-likeness (QED) is 0.830. The van der Waals surface area contributed by atoms with Crippen molar-refractivity contribution in [2.24, 2.45) is 11.8 Å². The molecule has 4 heteroatoms. The van der Waals surface area contributed by atoms with Crippen LogP contribution in [0.4, 0.5) is 0 Å². The van der Waals surface area contributed by atoms with Crippen molar-refractivity contribution in [3.8, 4) is 0 Å². The van der Waals surface area contributed by atoms with E-state index in [1.54, 1.807) is 0 Å². The molecule has 0 spiro atoms. The maximum Gasteiger partial charge on any atom is 0.158 e. The van der Waals surface area contributed by atoms with Gasteiger partial charge in [0.2, 0.25) is 0 Å². The zero-order valence-corrected chi connectivity index (χ0v) is 10.3. The maximum absolute atomic E-state index is 9.26. The summed E-state index contributed by atoms with van der Waals surface area (Å²) in [6, 6.07) is 0. The molecule has 1 aliphatic carbocycles. The number of aromatic nitrogens is 3. The minimum atomic E-state index is -0.0168. The van der Waals surface area contributed by atoms with E-state index in [0.717, 1.165) is 18.3 Å². The highest BCUT2D eigenvalue weighted by atomic mass is 16.3. The number of aliphatic hydroxyl groups is 1. The second-order valence-corrected chi connectivity index (χ2v) is 5.26. The molecular formula is C12H21N3O. The summed E-state index contributed by atoms with van der Waals surface area (Å²) in [7, 11) is 0. The van der Waals surface area contributed by atoms with Crippen molar-refractivity contribution in [2.75, 3.05) is 0 Å². The van der Waals surface area contributed by atoms with Gasteiger partial charge in [-0.2, -0.15) is 0 Å². The van der Waals surface area contributed by atoms with Crippen molar-refractivity contribution in [3.63, 3.8) is 0 Å². The summed E-state index contributed by atoms with van der Waals surface area (Å²) in [6.07, 6.45) is 2.62. The van der Waals surface area contributed by atoms with E-state index < -0.39 is 0 Å². The normalized spacial score (nSPS) is 18.1. The lowest BCUT2D eigenvalue weighted by Gasteiger charge is -2.15. The molecule has 0 amide bonds. The molecule has 0 saturated heterocycles. The predicted molar refractivity (Wildman–Crippen MR) is 61.9 cm³/mol. The fourth-order valence-corrected chi connectivity index (χ4v) is 2.17. The second kappa shape index (κ2) is 4.53. The largest absolute Gasteiger partial charge is 0.388 e. The smallest absolute Gasteiger partial charge is 0.158 e. The Bertz CT molecular complexity index is 355. The molecule has 1 heterocycles. The predicted octanol–water partition coefficient (Wildman–Crippen LogP) is 1.94. The molecular weight excluding hydrogens is 202 g/mol. The van der Waals surface area contributed by atoms with E-state index in [2.05, 4.69) is 35.5 Å². The van der Waals surface area contributed by atoms with Crippen LogP contribution in [-0.2, 0) is 13.2 Å². The van der Waals surface area contributed by atoms with Crippen LogP contribution in [0.1, 0.15) is 51.2 Å². The van der Waals surface area contributed by atoms with E-state index in [1.807, 2.05) is 0 Å². The zero-order valence-electron chi connectivity index (χ0n) is 10.3. The van der Waals surface area contributed by atoms with Gasteiger partial charge in [0.05, 0.1) is 0 Å². The number of hydrogen-bond donors (Lipinski definition) is 1. The van der Waals surface area contributed by atoms with Gasteiger partial charge in [0, 0.05) is 12.5 Å². The molecule has 0 aliphatic heterocycles. The van der Waals surface area contributed by atoms with Crippen molar-refractivity contribution < 1.29 is 5.11 Å². The molecule has 4 nitrogen and oxygen atoms in total. The van der Waals surface area contributed by atoms with Crippen LogP contribution in [0, 0.1) is 11.8 Å². The van der Waals surface area contributed by atoms with Gasteiger partial charge in [-0.25, -0.2) is 0 Å². The van der Waals surface area contributed by atoms with Crippen molar-refractivity contribution >= 4 is 0 Å². The summed E-state index contributed by atoms with van der Waals surface area (Å²) in [5.74, 6) is 3.57. The van der Waals surface area contributed by atoms with Gasteiger partial charge < -0.3 is 9.67 Å². The van der Waals surface area contributed by atoms with Crippen molar-refractivity contribution in [3.05, 3.63) is 11.6 Å². The van der Waals surface area contributed by atoms with Gasteiger partial charge in [-0.05, 0) is 24.7 Å². The van der Waals surface area contributed by atoms with Gasteiger partial charge in [0.15, 0.2) is 5.82 Å². The highest BCUT2D eigenvalue weighted by Gasteiger charge is 2.32. The summed E-state index contributed by atoms with van der Waals surface area (Å²) in [5, 5.41) is 17.6. The topological polar surface area (TPSA) is 50.9 Å². The van der Waals surface area contributed by atoms with Crippen molar-refractivity contribution in [1.82, 2.24) is 14.8 Å². The van der Waals surface area contributed by atoms with Gasteiger partial charge in [-0.1, -0.05) is 20.8 Å². The van der Waals surface area contributed by atoms with Gasteiger partial charge >= 0.3 is 0 Å². The number of hydrogen-bond acceptors (Lipinski definition) is 3. The molecule has 1 atom stereocenters. The summed E-state index contributed by atoms with van der Waals surface area (Å²) < 4.78 is 2.10. The summed E-state index contributed by atoms with van der Waals surface area (Å²) in [4.78, 5) is 0. The Balaban J connectivity index is 2.24. The maximum atomic E-state index is 9.26. The first-order valence-electron chi connectivity index (χ1n) is 6.16. The fraction of sp³-hybridized carbons (Fsp3) is 0.833. The molecule has 0 radical (unpaired) electrons. The van der Waals surface area contributed by atoms with E-state index >= 15 is 0 Å². The third-order valence-corrected chi connectivity index (χ3v) is 3.28. The molecule has 1 aromatic rings. The molecule has 2 rings (SSSR count). The molecule has 1 aliphatic rings. The summed E-state index contributed by atoms with van der Waals surface area (Å²) in [6.45, 7) is 7.45.